The average Bonchev–Trinajstić information content (AvgIpc) is 2.29. The van der Waals surface area contributed by atoms with Crippen LogP contribution in [0.4, 0.5) is 0 Å². The van der Waals surface area contributed by atoms with Gasteiger partial charge in [0.15, 0.2) is 0 Å². The third kappa shape index (κ3) is 3.52. The van der Waals surface area contributed by atoms with Crippen molar-refractivity contribution >= 4 is 43.8 Å². The Hall–Kier alpha value is -0.950. The predicted molar refractivity (Wildman–Crippen MR) is 71.6 cm³/mol. The van der Waals surface area contributed by atoms with Crippen molar-refractivity contribution in [1.29, 1.82) is 0 Å². The van der Waals surface area contributed by atoms with Gasteiger partial charge in [0.2, 0.25) is 0 Å². The molecule has 0 aromatic carbocycles. The van der Waals surface area contributed by atoms with Crippen LogP contribution in [0.1, 0.15) is 34.6 Å². The molecule has 0 saturated carbocycles. The highest BCUT2D eigenvalue weighted by Gasteiger charge is 2.20. The highest BCUT2D eigenvalue weighted by molar-refractivity contribution is 9.11. The molecule has 98 valence electrons. The molecule has 18 heavy (non-hydrogen) atoms. The van der Waals surface area contributed by atoms with Crippen LogP contribution in [-0.4, -0.2) is 30.1 Å². The second-order valence-electron chi connectivity index (χ2n) is 3.11. The van der Waals surface area contributed by atoms with Gasteiger partial charge in [-0.1, -0.05) is 0 Å². The van der Waals surface area contributed by atoms with Crippen LogP contribution in [-0.2, 0) is 9.47 Å². The fourth-order valence-corrected chi connectivity index (χ4v) is 2.32. The summed E-state index contributed by atoms with van der Waals surface area (Å²) in [6.45, 7) is 3.89. The first-order valence-electron chi connectivity index (χ1n) is 5.21. The van der Waals surface area contributed by atoms with Crippen molar-refractivity contribution in [3.05, 3.63) is 26.4 Å². The van der Waals surface area contributed by atoms with Crippen LogP contribution in [0, 0.1) is 0 Å². The summed E-state index contributed by atoms with van der Waals surface area (Å²) in [5.74, 6) is -1.09. The number of halogens is 2. The molecular weight excluding hydrogens is 370 g/mol. The quantitative estimate of drug-likeness (QED) is 0.593. The maximum atomic E-state index is 11.6. The standard InChI is InChI=1S/C11H11Br2NO4/c1-3-17-10(15)6-5-7(11(16)18-4-2)9(13)14-8(6)12/h5H,3-4H2,1-2H3. The summed E-state index contributed by atoms with van der Waals surface area (Å²) in [5, 5.41) is 0. The molecule has 0 atom stereocenters. The zero-order valence-corrected chi connectivity index (χ0v) is 13.0. The second-order valence-corrected chi connectivity index (χ2v) is 4.61. The zero-order chi connectivity index (χ0) is 13.7. The minimum absolute atomic E-state index is 0.183. The van der Waals surface area contributed by atoms with Crippen molar-refractivity contribution in [2.45, 2.75) is 13.8 Å². The number of aromatic nitrogens is 1. The van der Waals surface area contributed by atoms with Crippen LogP contribution in [0.5, 0.6) is 0 Å². The van der Waals surface area contributed by atoms with E-state index in [2.05, 4.69) is 36.8 Å². The zero-order valence-electron chi connectivity index (χ0n) is 9.83. The summed E-state index contributed by atoms with van der Waals surface area (Å²) in [4.78, 5) is 27.3. The lowest BCUT2D eigenvalue weighted by Gasteiger charge is -2.08. The van der Waals surface area contributed by atoms with Gasteiger partial charge in [-0.25, -0.2) is 14.6 Å². The Balaban J connectivity index is 3.17. The molecule has 0 aliphatic heterocycles. The molecule has 1 heterocycles. The number of carbonyl (C=O) groups excluding carboxylic acids is 2. The lowest BCUT2D eigenvalue weighted by Crippen LogP contribution is -2.12. The van der Waals surface area contributed by atoms with Gasteiger partial charge in [0.1, 0.15) is 9.21 Å². The number of esters is 2. The third-order valence-corrected chi connectivity index (χ3v) is 3.13. The summed E-state index contributed by atoms with van der Waals surface area (Å²) in [6.07, 6.45) is 0. The van der Waals surface area contributed by atoms with Gasteiger partial charge in [0.25, 0.3) is 0 Å². The van der Waals surface area contributed by atoms with Gasteiger partial charge in [-0.2, -0.15) is 0 Å². The number of hydrogen-bond donors (Lipinski definition) is 0. The van der Waals surface area contributed by atoms with Gasteiger partial charge in [-0.3, -0.25) is 0 Å². The summed E-state index contributed by atoms with van der Waals surface area (Å²) in [7, 11) is 0. The minimum Gasteiger partial charge on any atom is -0.462 e. The third-order valence-electron chi connectivity index (χ3n) is 1.92. The predicted octanol–water partition coefficient (Wildman–Crippen LogP) is 2.96. The Bertz CT molecular complexity index is 437. The lowest BCUT2D eigenvalue weighted by molar-refractivity contribution is 0.0522. The van der Waals surface area contributed by atoms with E-state index in [1.54, 1.807) is 13.8 Å². The normalized spacial score (nSPS) is 10.0. The number of carbonyl (C=O) groups is 2. The molecule has 0 aliphatic rings. The van der Waals surface area contributed by atoms with E-state index in [0.29, 0.717) is 9.21 Å². The van der Waals surface area contributed by atoms with Crippen molar-refractivity contribution in [2.24, 2.45) is 0 Å². The molecule has 0 unspecified atom stereocenters. The molecule has 0 bridgehead atoms. The van der Waals surface area contributed by atoms with E-state index in [-0.39, 0.29) is 24.3 Å². The molecule has 0 radical (unpaired) electrons. The van der Waals surface area contributed by atoms with Crippen molar-refractivity contribution in [1.82, 2.24) is 4.98 Å². The molecule has 7 heteroatoms. The van der Waals surface area contributed by atoms with Crippen LogP contribution in [0.25, 0.3) is 0 Å². The highest BCUT2D eigenvalue weighted by atomic mass is 79.9. The first kappa shape index (κ1) is 15.1. The van der Waals surface area contributed by atoms with Crippen molar-refractivity contribution in [3.63, 3.8) is 0 Å². The Kier molecular flexibility index (Phi) is 5.74. The first-order valence-corrected chi connectivity index (χ1v) is 6.80. The van der Waals surface area contributed by atoms with Gasteiger partial charge in [0.05, 0.1) is 24.3 Å². The smallest absolute Gasteiger partial charge is 0.340 e. The number of nitrogens with zero attached hydrogens (tertiary/aromatic N) is 1. The Morgan fingerprint density at radius 1 is 1.06 bits per heavy atom. The SMILES string of the molecule is CCOC(=O)c1cc(C(=O)OCC)c(Br)nc1Br. The first-order chi connectivity index (χ1) is 8.51. The van der Waals surface area contributed by atoms with Gasteiger partial charge in [-0.05, 0) is 51.8 Å². The van der Waals surface area contributed by atoms with Crippen LogP contribution in [0.2, 0.25) is 0 Å². The Labute approximate surface area is 121 Å². The molecule has 0 spiro atoms. The number of pyridine rings is 1. The largest absolute Gasteiger partial charge is 0.462 e. The summed E-state index contributed by atoms with van der Waals surface area (Å²) in [6, 6.07) is 1.39. The average molecular weight is 381 g/mol. The monoisotopic (exact) mass is 379 g/mol. The van der Waals surface area contributed by atoms with Gasteiger partial charge in [0, 0.05) is 0 Å². The fraction of sp³-hybridized carbons (Fsp3) is 0.364. The second kappa shape index (κ2) is 6.84. The van der Waals surface area contributed by atoms with Crippen LogP contribution >= 0.6 is 31.9 Å². The van der Waals surface area contributed by atoms with E-state index in [9.17, 15) is 9.59 Å². The van der Waals surface area contributed by atoms with E-state index in [4.69, 9.17) is 9.47 Å². The molecule has 0 amide bonds. The van der Waals surface area contributed by atoms with Gasteiger partial charge < -0.3 is 9.47 Å². The van der Waals surface area contributed by atoms with Crippen LogP contribution < -0.4 is 0 Å². The van der Waals surface area contributed by atoms with Crippen molar-refractivity contribution in [2.75, 3.05) is 13.2 Å². The Morgan fingerprint density at radius 3 is 1.78 bits per heavy atom. The molecule has 5 nitrogen and oxygen atoms in total. The number of ether oxygens (including phenoxy) is 2. The van der Waals surface area contributed by atoms with Crippen LogP contribution in [0.3, 0.4) is 0 Å². The maximum absolute atomic E-state index is 11.6. The topological polar surface area (TPSA) is 65.5 Å². The number of rotatable bonds is 4. The molecule has 0 aliphatic carbocycles. The van der Waals surface area contributed by atoms with E-state index < -0.39 is 11.9 Å². The summed E-state index contributed by atoms with van der Waals surface area (Å²) < 4.78 is 10.3. The molecule has 1 aromatic heterocycles. The molecule has 1 rings (SSSR count). The van der Waals surface area contributed by atoms with Crippen molar-refractivity contribution < 1.29 is 19.1 Å². The summed E-state index contributed by atoms with van der Waals surface area (Å²) >= 11 is 6.29. The van der Waals surface area contributed by atoms with E-state index in [0.717, 1.165) is 0 Å². The highest BCUT2D eigenvalue weighted by Crippen LogP contribution is 2.23. The molecule has 0 N–H and O–H groups in total. The number of hydrogen-bond acceptors (Lipinski definition) is 5. The molecule has 1 aromatic rings. The van der Waals surface area contributed by atoms with E-state index in [1.807, 2.05) is 0 Å². The molecule has 0 saturated heterocycles. The van der Waals surface area contributed by atoms with Gasteiger partial charge >= 0.3 is 11.9 Å². The van der Waals surface area contributed by atoms with E-state index in [1.165, 1.54) is 6.07 Å². The fourth-order valence-electron chi connectivity index (χ4n) is 1.17. The van der Waals surface area contributed by atoms with Gasteiger partial charge in [-0.15, -0.1) is 0 Å². The van der Waals surface area contributed by atoms with Crippen molar-refractivity contribution in [3.8, 4) is 0 Å². The maximum Gasteiger partial charge on any atom is 0.340 e. The molecule has 0 fully saturated rings. The Morgan fingerprint density at radius 2 is 1.44 bits per heavy atom. The van der Waals surface area contributed by atoms with E-state index >= 15 is 0 Å². The minimum atomic E-state index is -0.546. The summed E-state index contributed by atoms with van der Waals surface area (Å²) in [5.41, 5.74) is 0.367. The molecular formula is C11H11Br2NO4. The lowest BCUT2D eigenvalue weighted by atomic mass is 10.2. The van der Waals surface area contributed by atoms with Crippen LogP contribution in [0.15, 0.2) is 15.3 Å².